The van der Waals surface area contributed by atoms with Gasteiger partial charge in [-0.25, -0.2) is 0 Å². The molecule has 0 amide bonds. The largest absolute Gasteiger partial charge is 0.465 e. The van der Waals surface area contributed by atoms with Crippen LogP contribution in [0.3, 0.4) is 0 Å². The van der Waals surface area contributed by atoms with Gasteiger partial charge in [-0.15, -0.1) is 0 Å². The summed E-state index contributed by atoms with van der Waals surface area (Å²) in [5.74, 6) is 0.457. The Labute approximate surface area is 137 Å². The molecule has 4 rings (SSSR count). The number of allylic oxidation sites excluding steroid dienone is 1. The number of carbonyl (C=O) groups is 1. The molecule has 23 heavy (non-hydrogen) atoms. The van der Waals surface area contributed by atoms with Crippen molar-refractivity contribution in [3.63, 3.8) is 0 Å². The average molecular weight is 312 g/mol. The monoisotopic (exact) mass is 312 g/mol. The molecule has 1 aromatic carbocycles. The zero-order valence-electron chi connectivity index (χ0n) is 13.6. The molecule has 5 atom stereocenters. The van der Waals surface area contributed by atoms with Gasteiger partial charge in [0.1, 0.15) is 0 Å². The van der Waals surface area contributed by atoms with E-state index in [9.17, 15) is 4.79 Å². The van der Waals surface area contributed by atoms with Crippen molar-refractivity contribution in [1.29, 1.82) is 0 Å². The highest BCUT2D eigenvalue weighted by Crippen LogP contribution is 2.63. The van der Waals surface area contributed by atoms with Gasteiger partial charge in [0.15, 0.2) is 0 Å². The van der Waals surface area contributed by atoms with E-state index < -0.39 is 0 Å². The van der Waals surface area contributed by atoms with E-state index in [1.165, 1.54) is 25.3 Å². The van der Waals surface area contributed by atoms with Crippen molar-refractivity contribution in [2.24, 2.45) is 17.3 Å². The van der Waals surface area contributed by atoms with Crippen LogP contribution in [0.5, 0.6) is 0 Å². The normalized spacial score (nSPS) is 38.1. The highest BCUT2D eigenvalue weighted by Gasteiger charge is 2.60. The average Bonchev–Trinajstić information content (AvgIpc) is 3.08. The van der Waals surface area contributed by atoms with Gasteiger partial charge < -0.3 is 9.47 Å². The zero-order chi connectivity index (χ0) is 15.9. The summed E-state index contributed by atoms with van der Waals surface area (Å²) in [6.07, 6.45) is 9.74. The van der Waals surface area contributed by atoms with Crippen LogP contribution in [-0.2, 0) is 14.3 Å². The molecule has 122 valence electrons. The quantitative estimate of drug-likeness (QED) is 0.624. The van der Waals surface area contributed by atoms with Gasteiger partial charge in [-0.3, -0.25) is 4.79 Å². The summed E-state index contributed by atoms with van der Waals surface area (Å²) in [6.45, 7) is 1.96. The van der Waals surface area contributed by atoms with Crippen LogP contribution in [0, 0.1) is 17.3 Å². The molecule has 3 nitrogen and oxygen atoms in total. The molecule has 0 bridgehead atoms. The van der Waals surface area contributed by atoms with Crippen LogP contribution in [0.1, 0.15) is 44.3 Å². The van der Waals surface area contributed by atoms with Crippen LogP contribution in [0.25, 0.3) is 0 Å². The fraction of sp³-hybridized carbons (Fsp3) is 0.550. The maximum absolute atomic E-state index is 11.3. The molecule has 1 aliphatic heterocycles. The zero-order valence-corrected chi connectivity index (χ0v) is 13.6. The van der Waals surface area contributed by atoms with Gasteiger partial charge in [0, 0.05) is 24.2 Å². The lowest BCUT2D eigenvalue weighted by molar-refractivity contribution is -0.143. The number of ether oxygens (including phenoxy) is 2. The van der Waals surface area contributed by atoms with Gasteiger partial charge in [-0.1, -0.05) is 48.9 Å². The highest BCUT2D eigenvalue weighted by atomic mass is 16.5. The number of rotatable bonds is 3. The minimum Gasteiger partial charge on any atom is -0.465 e. The number of esters is 1. The Hall–Kier alpha value is -1.61. The maximum Gasteiger partial charge on any atom is 0.302 e. The van der Waals surface area contributed by atoms with Crippen LogP contribution >= 0.6 is 0 Å². The maximum atomic E-state index is 11.3. The fourth-order valence-electron chi connectivity index (χ4n) is 5.12. The molecular formula is C20H24O3. The molecule has 1 saturated heterocycles. The lowest BCUT2D eigenvalue weighted by Crippen LogP contribution is -2.39. The van der Waals surface area contributed by atoms with E-state index in [4.69, 9.17) is 9.47 Å². The van der Waals surface area contributed by atoms with Crippen molar-refractivity contribution in [2.45, 2.75) is 44.8 Å². The van der Waals surface area contributed by atoms with Gasteiger partial charge in [0.05, 0.1) is 18.8 Å². The summed E-state index contributed by atoms with van der Waals surface area (Å²) in [6, 6.07) is 10.5. The highest BCUT2D eigenvalue weighted by molar-refractivity contribution is 5.65. The van der Waals surface area contributed by atoms with Crippen molar-refractivity contribution in [3.8, 4) is 0 Å². The number of carbonyl (C=O) groups excluding carboxylic acids is 1. The second-order valence-corrected chi connectivity index (χ2v) is 7.21. The van der Waals surface area contributed by atoms with Gasteiger partial charge >= 0.3 is 5.97 Å². The Balaban J connectivity index is 1.69. The molecule has 3 heteroatoms. The third-order valence-corrected chi connectivity index (χ3v) is 6.00. The van der Waals surface area contributed by atoms with Crippen molar-refractivity contribution < 1.29 is 14.3 Å². The van der Waals surface area contributed by atoms with Crippen LogP contribution in [0.2, 0.25) is 0 Å². The predicted octanol–water partition coefficient (Wildman–Crippen LogP) is 4.05. The Bertz CT molecular complexity index is 609. The Morgan fingerprint density at radius 2 is 2.17 bits per heavy atom. The summed E-state index contributed by atoms with van der Waals surface area (Å²) in [7, 11) is 0. The van der Waals surface area contributed by atoms with E-state index in [1.807, 2.05) is 6.07 Å². The molecule has 2 aliphatic carbocycles. The summed E-state index contributed by atoms with van der Waals surface area (Å²) < 4.78 is 11.9. The molecule has 1 saturated carbocycles. The van der Waals surface area contributed by atoms with Gasteiger partial charge in [-0.05, 0) is 24.8 Å². The molecular weight excluding hydrogens is 288 g/mol. The van der Waals surface area contributed by atoms with Crippen molar-refractivity contribution in [1.82, 2.24) is 0 Å². The van der Waals surface area contributed by atoms with Crippen molar-refractivity contribution >= 4 is 5.97 Å². The van der Waals surface area contributed by atoms with Crippen LogP contribution < -0.4 is 0 Å². The lowest BCUT2D eigenvalue weighted by Gasteiger charge is -2.41. The van der Waals surface area contributed by atoms with Crippen LogP contribution in [0.15, 0.2) is 42.5 Å². The summed E-state index contributed by atoms with van der Waals surface area (Å²) in [4.78, 5) is 11.3. The predicted molar refractivity (Wildman–Crippen MR) is 87.7 cm³/mol. The number of benzene rings is 1. The van der Waals surface area contributed by atoms with E-state index in [0.717, 1.165) is 12.8 Å². The van der Waals surface area contributed by atoms with E-state index in [2.05, 4.69) is 36.4 Å². The SMILES string of the molecule is CC(=O)OC[C@H]1C=CC[C@@]23CCC[C@@H]2O[C@H](c2ccccc2)[C@@H]13. The van der Waals surface area contributed by atoms with Gasteiger partial charge in [0.2, 0.25) is 0 Å². The van der Waals surface area contributed by atoms with Crippen molar-refractivity contribution in [2.75, 3.05) is 6.61 Å². The molecule has 1 heterocycles. The first kappa shape index (κ1) is 14.9. The topological polar surface area (TPSA) is 35.5 Å². The molecule has 0 radical (unpaired) electrons. The molecule has 1 aromatic rings. The first-order valence-corrected chi connectivity index (χ1v) is 8.71. The van der Waals surface area contributed by atoms with Gasteiger partial charge in [0.25, 0.3) is 0 Å². The Morgan fingerprint density at radius 1 is 1.35 bits per heavy atom. The van der Waals surface area contributed by atoms with E-state index in [0.29, 0.717) is 18.6 Å². The first-order valence-electron chi connectivity index (χ1n) is 8.71. The second-order valence-electron chi connectivity index (χ2n) is 7.21. The second kappa shape index (κ2) is 5.79. The molecule has 2 fully saturated rings. The fourth-order valence-corrected chi connectivity index (χ4v) is 5.12. The third-order valence-electron chi connectivity index (χ3n) is 6.00. The molecule has 0 unspecified atom stereocenters. The lowest BCUT2D eigenvalue weighted by atomic mass is 9.61. The van der Waals surface area contributed by atoms with E-state index >= 15 is 0 Å². The molecule has 1 spiro atoms. The first-order chi connectivity index (χ1) is 11.2. The van der Waals surface area contributed by atoms with E-state index in [-0.39, 0.29) is 23.4 Å². The van der Waals surface area contributed by atoms with Crippen molar-refractivity contribution in [3.05, 3.63) is 48.0 Å². The minimum atomic E-state index is -0.198. The number of hydrogen-bond acceptors (Lipinski definition) is 3. The summed E-state index contributed by atoms with van der Waals surface area (Å²) >= 11 is 0. The molecule has 0 aromatic heterocycles. The number of hydrogen-bond donors (Lipinski definition) is 0. The Kier molecular flexibility index (Phi) is 3.76. The van der Waals surface area contributed by atoms with Crippen LogP contribution in [-0.4, -0.2) is 18.7 Å². The molecule has 3 aliphatic rings. The minimum absolute atomic E-state index is 0.118. The summed E-state index contributed by atoms with van der Waals surface area (Å²) in [5, 5.41) is 0. The van der Waals surface area contributed by atoms with E-state index in [1.54, 1.807) is 0 Å². The van der Waals surface area contributed by atoms with Gasteiger partial charge in [-0.2, -0.15) is 0 Å². The molecule has 0 N–H and O–H groups in total. The summed E-state index contributed by atoms with van der Waals surface area (Å²) in [5.41, 5.74) is 1.49. The third kappa shape index (κ3) is 2.42. The Morgan fingerprint density at radius 3 is 2.96 bits per heavy atom. The smallest absolute Gasteiger partial charge is 0.302 e. The van der Waals surface area contributed by atoms with Crippen LogP contribution in [0.4, 0.5) is 0 Å². The standard InChI is InChI=1S/C20H24O3/c1-14(21)22-13-16-9-5-11-20-12-6-10-17(20)23-19(18(16)20)15-7-3-2-4-8-15/h2-5,7-9,16-19H,6,10-13H2,1H3/t16-,17+,18-,19-,20-/m1/s1.